The fraction of sp³-hybridized carbons (Fsp3) is 0.400. The monoisotopic (exact) mass is 386 g/mol. The highest BCUT2D eigenvalue weighted by molar-refractivity contribution is 7.08. The zero-order valence-corrected chi connectivity index (χ0v) is 16.0. The second-order valence-corrected chi connectivity index (χ2v) is 7.85. The lowest BCUT2D eigenvalue weighted by atomic mass is 9.75. The van der Waals surface area contributed by atoms with Crippen molar-refractivity contribution >= 4 is 23.1 Å². The number of benzene rings is 1. The van der Waals surface area contributed by atoms with Crippen LogP contribution in [0.15, 0.2) is 41.2 Å². The average Bonchev–Trinajstić information content (AvgIpc) is 2.65. The van der Waals surface area contributed by atoms with Crippen LogP contribution in [0, 0.1) is 10.1 Å². The zero-order valence-electron chi connectivity index (χ0n) is 15.2. The van der Waals surface area contributed by atoms with E-state index in [-0.39, 0.29) is 26.6 Å². The van der Waals surface area contributed by atoms with E-state index >= 15 is 0 Å². The summed E-state index contributed by atoms with van der Waals surface area (Å²) in [6.07, 6.45) is 7.98. The summed E-state index contributed by atoms with van der Waals surface area (Å²) in [5, 5.41) is 24.2. The van der Waals surface area contributed by atoms with E-state index < -0.39 is 0 Å². The summed E-state index contributed by atoms with van der Waals surface area (Å²) < 4.78 is 1.56. The Morgan fingerprint density at radius 1 is 1.37 bits per heavy atom. The first-order valence-corrected chi connectivity index (χ1v) is 9.94. The van der Waals surface area contributed by atoms with Crippen LogP contribution in [0.2, 0.25) is 0 Å². The number of hydrogen-bond acceptors (Lipinski definition) is 5. The fourth-order valence-electron chi connectivity index (χ4n) is 3.85. The van der Waals surface area contributed by atoms with Crippen molar-refractivity contribution < 1.29 is 14.6 Å². The van der Waals surface area contributed by atoms with Gasteiger partial charge in [-0.15, -0.1) is 0 Å². The molecule has 0 bridgehead atoms. The average molecular weight is 386 g/mol. The fourth-order valence-corrected chi connectivity index (χ4v) is 5.06. The van der Waals surface area contributed by atoms with Gasteiger partial charge in [-0.05, 0) is 43.1 Å². The Balaban J connectivity index is 1.82. The Kier molecular flexibility index (Phi) is 5.70. The van der Waals surface area contributed by atoms with Crippen LogP contribution in [-0.4, -0.2) is 4.92 Å². The maximum Gasteiger partial charge on any atom is 0.276 e. The van der Waals surface area contributed by atoms with E-state index in [0.717, 1.165) is 37.1 Å². The highest BCUT2D eigenvalue weighted by Gasteiger charge is 2.42. The third kappa shape index (κ3) is 3.93. The molecule has 0 fully saturated rings. The van der Waals surface area contributed by atoms with Gasteiger partial charge in [-0.1, -0.05) is 31.2 Å². The minimum absolute atomic E-state index is 0.0896. The molecule has 2 heterocycles. The van der Waals surface area contributed by atoms with Crippen molar-refractivity contribution in [3.8, 4) is 5.88 Å². The minimum atomic E-state index is -0.380. The lowest BCUT2D eigenvalue weighted by molar-refractivity contribution is -0.747. The normalized spacial score (nSPS) is 19.1. The smallest absolute Gasteiger partial charge is 0.276 e. The van der Waals surface area contributed by atoms with Gasteiger partial charge in [0.2, 0.25) is 9.75 Å². The Hall–Kier alpha value is -2.54. The highest BCUT2D eigenvalue weighted by Crippen LogP contribution is 2.40. The van der Waals surface area contributed by atoms with E-state index in [1.165, 1.54) is 23.5 Å². The SMILES string of the molecule is CCC1(CC/C=C\c2ccccc2[N+](=O)[O-])CCC[n+]2c([O-])cc(=O)sc21. The highest BCUT2D eigenvalue weighted by atomic mass is 32.1. The van der Waals surface area contributed by atoms with Crippen molar-refractivity contribution in [2.45, 2.75) is 51.0 Å². The van der Waals surface area contributed by atoms with Gasteiger partial charge < -0.3 is 5.11 Å². The molecule has 0 N–H and O–H groups in total. The second-order valence-electron chi connectivity index (χ2n) is 6.85. The minimum Gasteiger partial charge on any atom is -0.823 e. The molecular weight excluding hydrogens is 364 g/mol. The molecule has 0 saturated carbocycles. The van der Waals surface area contributed by atoms with Crippen LogP contribution in [0.3, 0.4) is 0 Å². The molecular formula is C20H22N2O4S. The van der Waals surface area contributed by atoms with E-state index in [1.54, 1.807) is 28.8 Å². The van der Waals surface area contributed by atoms with Gasteiger partial charge in [0.1, 0.15) is 6.54 Å². The molecule has 1 aliphatic heterocycles. The molecule has 27 heavy (non-hydrogen) atoms. The lowest BCUT2D eigenvalue weighted by Gasteiger charge is -2.33. The summed E-state index contributed by atoms with van der Waals surface area (Å²) in [5.74, 6) is -0.207. The molecule has 0 spiro atoms. The predicted octanol–water partition coefficient (Wildman–Crippen LogP) is 3.31. The Morgan fingerprint density at radius 3 is 2.89 bits per heavy atom. The van der Waals surface area contributed by atoms with Gasteiger partial charge in [0, 0.05) is 12.5 Å². The van der Waals surface area contributed by atoms with Crippen LogP contribution in [0.25, 0.3) is 6.08 Å². The molecule has 0 aliphatic carbocycles. The number of hydrogen-bond donors (Lipinski definition) is 0. The largest absolute Gasteiger partial charge is 0.823 e. The number of aromatic nitrogens is 1. The molecule has 3 rings (SSSR count). The zero-order chi connectivity index (χ0) is 19.4. The molecule has 142 valence electrons. The number of fused-ring (bicyclic) bond motifs is 1. The molecule has 1 aromatic heterocycles. The number of para-hydroxylation sites is 1. The van der Waals surface area contributed by atoms with E-state index in [1.807, 2.05) is 6.08 Å². The maximum atomic E-state index is 12.2. The van der Waals surface area contributed by atoms with Crippen molar-refractivity contribution in [2.24, 2.45) is 0 Å². The van der Waals surface area contributed by atoms with Gasteiger partial charge in [0.15, 0.2) is 5.88 Å². The van der Waals surface area contributed by atoms with Crippen molar-refractivity contribution in [2.75, 3.05) is 0 Å². The van der Waals surface area contributed by atoms with Crippen molar-refractivity contribution in [1.82, 2.24) is 0 Å². The summed E-state index contributed by atoms with van der Waals surface area (Å²) in [5.41, 5.74) is 0.486. The summed E-state index contributed by atoms with van der Waals surface area (Å²) >= 11 is 1.18. The van der Waals surface area contributed by atoms with Crippen LogP contribution < -0.4 is 14.4 Å². The molecule has 1 unspecified atom stereocenters. The lowest BCUT2D eigenvalue weighted by Crippen LogP contribution is -2.52. The molecule has 0 saturated heterocycles. The Bertz CT molecular complexity index is 938. The van der Waals surface area contributed by atoms with E-state index in [2.05, 4.69) is 6.92 Å². The number of rotatable bonds is 6. The number of nitro groups is 1. The van der Waals surface area contributed by atoms with Crippen molar-refractivity contribution in [3.63, 3.8) is 0 Å². The third-order valence-electron chi connectivity index (χ3n) is 5.34. The first-order valence-electron chi connectivity index (χ1n) is 9.12. The second kappa shape index (κ2) is 8.00. The molecule has 6 nitrogen and oxygen atoms in total. The first kappa shape index (κ1) is 19.2. The van der Waals surface area contributed by atoms with Crippen molar-refractivity contribution in [3.05, 3.63) is 66.6 Å². The van der Waals surface area contributed by atoms with E-state index in [9.17, 15) is 20.0 Å². The standard InChI is InChI=1S/C20H22N2O4S/c1-2-20(12-7-13-21-17(23)14-18(24)27-19(20)21)11-6-5-9-15-8-3-4-10-16(15)22(25)26/h3-5,8-10,14H,2,6-7,11-13H2,1H3/b9-5-. The molecule has 0 amide bonds. The summed E-state index contributed by atoms with van der Waals surface area (Å²) in [6.45, 7) is 2.76. The molecule has 1 atom stereocenters. The van der Waals surface area contributed by atoms with Gasteiger partial charge in [-0.3, -0.25) is 14.9 Å². The van der Waals surface area contributed by atoms with Crippen LogP contribution in [0.5, 0.6) is 5.88 Å². The molecule has 2 aromatic rings. The molecule has 0 radical (unpaired) electrons. The van der Waals surface area contributed by atoms with Crippen LogP contribution >= 0.6 is 11.3 Å². The number of allylic oxidation sites excluding steroid dienone is 1. The summed E-state index contributed by atoms with van der Waals surface area (Å²) in [4.78, 5) is 22.6. The van der Waals surface area contributed by atoms with Gasteiger partial charge in [0.05, 0.1) is 22.0 Å². The van der Waals surface area contributed by atoms with Crippen molar-refractivity contribution in [1.29, 1.82) is 0 Å². The van der Waals surface area contributed by atoms with E-state index in [4.69, 9.17) is 0 Å². The van der Waals surface area contributed by atoms with Gasteiger partial charge >= 0.3 is 0 Å². The predicted molar refractivity (Wildman–Crippen MR) is 103 cm³/mol. The van der Waals surface area contributed by atoms with Crippen LogP contribution in [0.1, 0.15) is 49.6 Å². The van der Waals surface area contributed by atoms with E-state index in [0.29, 0.717) is 12.1 Å². The molecule has 1 aromatic carbocycles. The molecule has 1 aliphatic rings. The van der Waals surface area contributed by atoms with Gasteiger partial charge in [0.25, 0.3) is 5.69 Å². The van der Waals surface area contributed by atoms with Gasteiger partial charge in [-0.2, -0.15) is 4.57 Å². The van der Waals surface area contributed by atoms with Crippen LogP contribution in [-0.2, 0) is 12.0 Å². The number of nitrogens with zero attached hydrogens (tertiary/aromatic N) is 2. The summed E-state index contributed by atoms with van der Waals surface area (Å²) in [6, 6.07) is 7.83. The first-order chi connectivity index (χ1) is 13.0. The number of nitro benzene ring substituents is 1. The topological polar surface area (TPSA) is 87.2 Å². The maximum absolute atomic E-state index is 12.2. The molecule has 7 heteroatoms. The quantitative estimate of drug-likeness (QED) is 0.433. The van der Waals surface area contributed by atoms with Gasteiger partial charge in [-0.25, -0.2) is 0 Å². The summed E-state index contributed by atoms with van der Waals surface area (Å²) in [7, 11) is 0. The Morgan fingerprint density at radius 2 is 2.15 bits per heavy atom. The third-order valence-corrected chi connectivity index (χ3v) is 6.50. The Labute approximate surface area is 161 Å². The van der Waals surface area contributed by atoms with Crippen LogP contribution in [0.4, 0.5) is 5.69 Å².